The molecule has 1 atom stereocenters. The smallest absolute Gasteiger partial charge is 0.273 e. The number of benzene rings is 2. The summed E-state index contributed by atoms with van der Waals surface area (Å²) in [5, 5.41) is 26.4. The summed E-state index contributed by atoms with van der Waals surface area (Å²) in [4.78, 5) is 92.7. The van der Waals surface area contributed by atoms with Gasteiger partial charge < -0.3 is 31.7 Å². The van der Waals surface area contributed by atoms with Crippen LogP contribution in [0, 0.1) is 0 Å². The van der Waals surface area contributed by atoms with E-state index in [1.807, 2.05) is 0 Å². The molecule has 2 aromatic heterocycles. The number of para-hydroxylation sites is 1. The summed E-state index contributed by atoms with van der Waals surface area (Å²) in [5.41, 5.74) is 6.99. The Balaban J connectivity index is 0.963. The van der Waals surface area contributed by atoms with Gasteiger partial charge >= 0.3 is 0 Å². The lowest BCUT2D eigenvalue weighted by atomic mass is 10.0. The van der Waals surface area contributed by atoms with Crippen molar-refractivity contribution in [1.82, 2.24) is 45.8 Å². The van der Waals surface area contributed by atoms with Gasteiger partial charge in [-0.3, -0.25) is 48.5 Å². The summed E-state index contributed by atoms with van der Waals surface area (Å²) in [6, 6.07) is 10.2. The molecule has 7 N–H and O–H groups in total. The van der Waals surface area contributed by atoms with Crippen molar-refractivity contribution < 1.29 is 38.3 Å². The number of aromatic nitrogens is 5. The third-order valence-electron chi connectivity index (χ3n) is 9.77. The molecule has 0 bridgehead atoms. The van der Waals surface area contributed by atoms with Crippen molar-refractivity contribution in [3.05, 3.63) is 71.3 Å². The number of carbonyl (C=O) groups excluding carboxylic acids is 7. The Morgan fingerprint density at radius 3 is 2.50 bits per heavy atom. The summed E-state index contributed by atoms with van der Waals surface area (Å²) in [6.45, 7) is 0.330. The van der Waals surface area contributed by atoms with Crippen molar-refractivity contribution >= 4 is 58.4 Å². The number of ether oxygens (including phenoxy) is 1. The van der Waals surface area contributed by atoms with Gasteiger partial charge in [-0.2, -0.15) is 10.2 Å². The summed E-state index contributed by atoms with van der Waals surface area (Å²) >= 11 is 0. The molecule has 1 unspecified atom stereocenters. The number of anilines is 3. The van der Waals surface area contributed by atoms with Crippen LogP contribution in [0.25, 0.3) is 11.4 Å². The largest absolute Gasteiger partial charge is 0.494 e. The second-order valence-electron chi connectivity index (χ2n) is 13.3. The molecule has 2 fully saturated rings. The Labute approximate surface area is 317 Å². The van der Waals surface area contributed by atoms with Crippen LogP contribution in [0.1, 0.15) is 62.6 Å². The molecule has 288 valence electrons. The normalized spacial score (nSPS) is 16.8. The molecule has 2 aromatic carbocycles. The van der Waals surface area contributed by atoms with Crippen molar-refractivity contribution in [3.8, 4) is 17.1 Å². The van der Waals surface area contributed by atoms with Gasteiger partial charge in [-0.1, -0.05) is 6.07 Å². The SMILES string of the molecule is CNC(=O)c1nnc(C2(C(N)=O)CC2)cc1Nc1cccc(-c2ncn(CCNC(=O)CNc3ccc4c(c3)C(=O)N(C3CCC(=O)NC3=O)C4=O)n2)c1OC. The predicted molar refractivity (Wildman–Crippen MR) is 195 cm³/mol. The number of hydrogen-bond donors (Lipinski definition) is 6. The number of methoxy groups -OCH3 is 1. The maximum absolute atomic E-state index is 13.1. The maximum atomic E-state index is 13.1. The van der Waals surface area contributed by atoms with Crippen molar-refractivity contribution in [2.75, 3.05) is 37.9 Å². The lowest BCUT2D eigenvalue weighted by Gasteiger charge is -2.27. The lowest BCUT2D eigenvalue weighted by molar-refractivity contribution is -0.136. The minimum Gasteiger partial charge on any atom is -0.494 e. The molecule has 3 aliphatic rings. The van der Waals surface area contributed by atoms with Crippen molar-refractivity contribution in [2.45, 2.75) is 43.7 Å². The van der Waals surface area contributed by atoms with Crippen LogP contribution >= 0.6 is 0 Å². The van der Waals surface area contributed by atoms with Gasteiger partial charge in [0, 0.05) is 25.7 Å². The number of carbonyl (C=O) groups is 7. The maximum Gasteiger partial charge on any atom is 0.273 e. The number of imide groups is 2. The first kappa shape index (κ1) is 37.1. The molecule has 4 aromatic rings. The van der Waals surface area contributed by atoms with E-state index in [0.29, 0.717) is 47.0 Å². The second kappa shape index (κ2) is 14.9. The molecule has 7 amide bonds. The molecule has 0 spiro atoms. The first-order chi connectivity index (χ1) is 26.9. The van der Waals surface area contributed by atoms with Gasteiger partial charge in [0.05, 0.1) is 59.4 Å². The second-order valence-corrected chi connectivity index (χ2v) is 13.3. The number of nitrogens with one attached hydrogen (secondary N) is 5. The van der Waals surface area contributed by atoms with Crippen LogP contribution in [0.15, 0.2) is 48.8 Å². The van der Waals surface area contributed by atoms with E-state index in [2.05, 4.69) is 46.9 Å². The Hall–Kier alpha value is -7.25. The monoisotopic (exact) mass is 764 g/mol. The highest BCUT2D eigenvalue weighted by Crippen LogP contribution is 2.48. The third-order valence-corrected chi connectivity index (χ3v) is 9.77. The minimum atomic E-state index is -1.08. The van der Waals surface area contributed by atoms with Crippen molar-refractivity contribution in [3.63, 3.8) is 0 Å². The molecule has 56 heavy (non-hydrogen) atoms. The van der Waals surface area contributed by atoms with E-state index in [4.69, 9.17) is 10.5 Å². The highest BCUT2D eigenvalue weighted by molar-refractivity contribution is 6.23. The van der Waals surface area contributed by atoms with E-state index in [-0.39, 0.29) is 60.9 Å². The minimum absolute atomic E-state index is 0.000801. The molecule has 0 radical (unpaired) electrons. The van der Waals surface area contributed by atoms with E-state index in [0.717, 1.165) is 4.90 Å². The van der Waals surface area contributed by atoms with E-state index in [1.54, 1.807) is 35.0 Å². The average Bonchev–Trinajstić information content (AvgIpc) is 3.82. The fraction of sp³-hybridized carbons (Fsp3) is 0.306. The molecular formula is C36H36N12O8. The van der Waals surface area contributed by atoms with Gasteiger partial charge in [-0.05, 0) is 55.7 Å². The summed E-state index contributed by atoms with van der Waals surface area (Å²) in [7, 11) is 2.94. The van der Waals surface area contributed by atoms with Crippen LogP contribution in [0.2, 0.25) is 0 Å². The predicted octanol–water partition coefficient (Wildman–Crippen LogP) is -0.00670. The van der Waals surface area contributed by atoms with E-state index in [9.17, 15) is 33.6 Å². The Bertz CT molecular complexity index is 2320. The average molecular weight is 765 g/mol. The molecule has 1 aliphatic carbocycles. The van der Waals surface area contributed by atoms with Crippen LogP contribution < -0.4 is 37.1 Å². The molecule has 20 nitrogen and oxygen atoms in total. The van der Waals surface area contributed by atoms with Crippen LogP contribution in [0.3, 0.4) is 0 Å². The molecular weight excluding hydrogens is 728 g/mol. The molecule has 7 rings (SSSR count). The Morgan fingerprint density at radius 1 is 1.00 bits per heavy atom. The van der Waals surface area contributed by atoms with Crippen LogP contribution in [0.4, 0.5) is 17.1 Å². The Morgan fingerprint density at radius 2 is 1.79 bits per heavy atom. The number of primary amides is 1. The van der Waals surface area contributed by atoms with Gasteiger partial charge in [0.15, 0.2) is 17.3 Å². The molecule has 4 heterocycles. The first-order valence-corrected chi connectivity index (χ1v) is 17.5. The molecule has 1 saturated heterocycles. The lowest BCUT2D eigenvalue weighted by Crippen LogP contribution is -2.54. The highest BCUT2D eigenvalue weighted by Gasteiger charge is 2.52. The van der Waals surface area contributed by atoms with Crippen LogP contribution in [-0.2, 0) is 31.1 Å². The van der Waals surface area contributed by atoms with Gasteiger partial charge in [0.2, 0.25) is 23.6 Å². The van der Waals surface area contributed by atoms with E-state index in [1.165, 1.54) is 32.6 Å². The van der Waals surface area contributed by atoms with Crippen molar-refractivity contribution in [1.29, 1.82) is 0 Å². The third kappa shape index (κ3) is 6.94. The fourth-order valence-corrected chi connectivity index (χ4v) is 6.60. The zero-order chi connectivity index (χ0) is 39.7. The Kier molecular flexibility index (Phi) is 9.85. The van der Waals surface area contributed by atoms with E-state index < -0.39 is 46.9 Å². The number of fused-ring (bicyclic) bond motifs is 1. The number of hydrogen-bond acceptors (Lipinski definition) is 14. The van der Waals surface area contributed by atoms with Gasteiger partial charge in [-0.25, -0.2) is 4.98 Å². The number of amides is 7. The summed E-state index contributed by atoms with van der Waals surface area (Å²) in [6.07, 6.45) is 2.63. The molecule has 1 saturated carbocycles. The first-order valence-electron chi connectivity index (χ1n) is 17.5. The summed E-state index contributed by atoms with van der Waals surface area (Å²) < 4.78 is 7.29. The number of piperidine rings is 1. The fourth-order valence-electron chi connectivity index (χ4n) is 6.60. The van der Waals surface area contributed by atoms with Gasteiger partial charge in [0.25, 0.3) is 17.7 Å². The molecule has 2 aliphatic heterocycles. The van der Waals surface area contributed by atoms with Gasteiger partial charge in [0.1, 0.15) is 12.4 Å². The zero-order valence-corrected chi connectivity index (χ0v) is 30.2. The topological polar surface area (TPSA) is 275 Å². The van der Waals surface area contributed by atoms with Crippen LogP contribution in [-0.4, -0.2) is 105 Å². The standard InChI is InChI=1S/C36H36N12O8/c1-38-32(52)28-23(15-25(44-45-28)36(10-11-36)35(37)55)42-22-5-3-4-20(29(22)56-2)30-41-17-47(46-30)13-12-39-27(50)16-40-18-6-7-19-21(14-18)34(54)48(33(19)53)24-8-9-26(49)43-31(24)51/h3-7,14-15,17,24,40H,8-13,16H2,1-2H3,(H2,37,55)(H,38,52)(H,39,50)(H,42,44)(H,43,49,51). The van der Waals surface area contributed by atoms with Gasteiger partial charge in [-0.15, -0.1) is 5.10 Å². The number of nitrogens with two attached hydrogens (primary N) is 1. The highest BCUT2D eigenvalue weighted by atomic mass is 16.5. The summed E-state index contributed by atoms with van der Waals surface area (Å²) in [5.74, 6) is -3.10. The molecule has 20 heteroatoms. The number of nitrogens with zero attached hydrogens (tertiary/aromatic N) is 6. The van der Waals surface area contributed by atoms with E-state index >= 15 is 0 Å². The zero-order valence-electron chi connectivity index (χ0n) is 30.2. The van der Waals surface area contributed by atoms with Crippen LogP contribution in [0.5, 0.6) is 5.75 Å². The quantitative estimate of drug-likeness (QED) is 0.0923. The van der Waals surface area contributed by atoms with Crippen molar-refractivity contribution in [2.24, 2.45) is 5.73 Å². The number of rotatable bonds is 14.